The first-order valence-corrected chi connectivity index (χ1v) is 10.7. The molecule has 0 unspecified atom stereocenters. The second-order valence-corrected chi connectivity index (χ2v) is 8.57. The summed E-state index contributed by atoms with van der Waals surface area (Å²) in [6.45, 7) is 5.91. The van der Waals surface area contributed by atoms with Crippen LogP contribution in [0.25, 0.3) is 11.0 Å². The number of nitrogens with one attached hydrogen (secondary N) is 1. The number of aliphatic hydroxyl groups excluding tert-OH is 1. The summed E-state index contributed by atoms with van der Waals surface area (Å²) in [6.07, 6.45) is 0.398. The molecular weight excluding hydrogens is 414 g/mol. The van der Waals surface area contributed by atoms with Crippen molar-refractivity contribution < 1.29 is 14.3 Å². The number of ether oxygens (including phenoxy) is 1. The zero-order valence-electron chi connectivity index (χ0n) is 17.8. The van der Waals surface area contributed by atoms with E-state index in [2.05, 4.69) is 29.6 Å². The fourth-order valence-electron chi connectivity index (χ4n) is 5.46. The van der Waals surface area contributed by atoms with Gasteiger partial charge in [0, 0.05) is 47.4 Å². The minimum Gasteiger partial charge on any atom is -0.493 e. The van der Waals surface area contributed by atoms with E-state index in [1.54, 1.807) is 6.07 Å². The molecule has 2 aliphatic rings. The lowest BCUT2D eigenvalue weighted by Crippen LogP contribution is -2.24. The lowest BCUT2D eigenvalue weighted by atomic mass is 9.95. The van der Waals surface area contributed by atoms with Crippen molar-refractivity contribution in [2.45, 2.75) is 32.3 Å². The van der Waals surface area contributed by atoms with Crippen LogP contribution in [0.3, 0.4) is 0 Å². The SMILES string of the molecule is CCc1cc(=O)oc2c(C)c(OC[C@@H]3[C@@H](c4ccccc4)[C@]34CNC[C@H]4O)ccc12.Cl. The highest BCUT2D eigenvalue weighted by atomic mass is 35.5. The van der Waals surface area contributed by atoms with Crippen LogP contribution in [0, 0.1) is 18.3 Å². The Labute approximate surface area is 187 Å². The third kappa shape index (κ3) is 3.45. The van der Waals surface area contributed by atoms with Gasteiger partial charge in [-0.2, -0.15) is 0 Å². The summed E-state index contributed by atoms with van der Waals surface area (Å²) >= 11 is 0. The molecule has 4 atom stereocenters. The first-order chi connectivity index (χ1) is 14.6. The zero-order valence-corrected chi connectivity index (χ0v) is 18.6. The minimum atomic E-state index is -0.376. The molecule has 0 amide bonds. The molecule has 2 heterocycles. The molecule has 0 radical (unpaired) electrons. The fraction of sp³-hybridized carbons (Fsp3) is 0.400. The van der Waals surface area contributed by atoms with E-state index < -0.39 is 0 Å². The molecule has 31 heavy (non-hydrogen) atoms. The fourth-order valence-corrected chi connectivity index (χ4v) is 5.46. The van der Waals surface area contributed by atoms with Crippen LogP contribution in [0.15, 0.2) is 57.7 Å². The van der Waals surface area contributed by atoms with E-state index in [1.807, 2.05) is 32.0 Å². The molecule has 6 heteroatoms. The highest BCUT2D eigenvalue weighted by Crippen LogP contribution is 2.67. The molecule has 3 aromatic rings. The molecule has 1 saturated carbocycles. The number of β-amino-alcohol motifs (C(OH)–C–C–N with tert-alkyl or cyclic N) is 1. The first-order valence-electron chi connectivity index (χ1n) is 10.7. The molecule has 2 fully saturated rings. The largest absolute Gasteiger partial charge is 0.493 e. The summed E-state index contributed by atoms with van der Waals surface area (Å²) in [6, 6.07) is 15.9. The van der Waals surface area contributed by atoms with Crippen LogP contribution >= 0.6 is 12.4 Å². The maximum absolute atomic E-state index is 12.0. The van der Waals surface area contributed by atoms with E-state index >= 15 is 0 Å². The molecule has 0 bridgehead atoms. The van der Waals surface area contributed by atoms with Gasteiger partial charge < -0.3 is 19.6 Å². The number of hydrogen-bond acceptors (Lipinski definition) is 5. The average Bonchev–Trinajstić information content (AvgIpc) is 3.25. The Balaban J connectivity index is 0.00000231. The molecule has 2 aromatic carbocycles. The first kappa shape index (κ1) is 21.9. The predicted octanol–water partition coefficient (Wildman–Crippen LogP) is 3.83. The minimum absolute atomic E-state index is 0. The molecule has 164 valence electrons. The standard InChI is InChI=1S/C25H27NO4.ClH/c1-3-16-11-22(28)30-24-15(2)20(10-9-18(16)24)29-13-19-23(17-7-5-4-6-8-17)25(19)14-26-12-21(25)27;/h4-11,19,21,23,26-27H,3,12-14H2,1-2H3;1H/t19-,21-,23-,25-;/m1./s1. The second-order valence-electron chi connectivity index (χ2n) is 8.57. The number of fused-ring (bicyclic) bond motifs is 1. The Hall–Kier alpha value is -2.34. The van der Waals surface area contributed by atoms with Crippen LogP contribution in [0.4, 0.5) is 0 Å². The summed E-state index contributed by atoms with van der Waals surface area (Å²) < 4.78 is 11.8. The van der Waals surface area contributed by atoms with Crippen LogP contribution in [-0.4, -0.2) is 30.9 Å². The lowest BCUT2D eigenvalue weighted by molar-refractivity contribution is 0.115. The van der Waals surface area contributed by atoms with Gasteiger partial charge in [-0.1, -0.05) is 37.3 Å². The molecular formula is C25H28ClNO4. The summed E-state index contributed by atoms with van der Waals surface area (Å²) in [5.41, 5.74) is 3.18. The molecule has 1 spiro atoms. The highest BCUT2D eigenvalue weighted by Gasteiger charge is 2.70. The van der Waals surface area contributed by atoms with E-state index in [1.165, 1.54) is 5.56 Å². The van der Waals surface area contributed by atoms with Gasteiger partial charge in [-0.3, -0.25) is 0 Å². The van der Waals surface area contributed by atoms with E-state index in [9.17, 15) is 9.90 Å². The van der Waals surface area contributed by atoms with Crippen molar-refractivity contribution in [1.82, 2.24) is 5.32 Å². The molecule has 1 saturated heterocycles. The molecule has 5 rings (SSSR count). The van der Waals surface area contributed by atoms with Gasteiger partial charge in [0.05, 0.1) is 12.7 Å². The third-order valence-corrected chi connectivity index (χ3v) is 7.11. The highest BCUT2D eigenvalue weighted by molar-refractivity contribution is 5.85. The molecule has 5 nitrogen and oxygen atoms in total. The van der Waals surface area contributed by atoms with Crippen molar-refractivity contribution in [3.05, 3.63) is 75.6 Å². The normalized spacial score (nSPS) is 26.7. The van der Waals surface area contributed by atoms with Crippen LogP contribution in [0.1, 0.15) is 29.5 Å². The van der Waals surface area contributed by atoms with Crippen molar-refractivity contribution in [3.8, 4) is 5.75 Å². The molecule has 1 aliphatic heterocycles. The number of halogens is 1. The summed E-state index contributed by atoms with van der Waals surface area (Å²) in [4.78, 5) is 12.0. The average molecular weight is 442 g/mol. The van der Waals surface area contributed by atoms with Crippen molar-refractivity contribution in [2.75, 3.05) is 19.7 Å². The molecule has 1 aromatic heterocycles. The van der Waals surface area contributed by atoms with Gasteiger partial charge in [0.1, 0.15) is 11.3 Å². The topological polar surface area (TPSA) is 71.7 Å². The Bertz CT molecular complexity index is 1150. The van der Waals surface area contributed by atoms with Crippen molar-refractivity contribution in [1.29, 1.82) is 0 Å². The third-order valence-electron chi connectivity index (χ3n) is 7.11. The van der Waals surface area contributed by atoms with Crippen molar-refractivity contribution in [2.24, 2.45) is 11.3 Å². The van der Waals surface area contributed by atoms with Crippen LogP contribution < -0.4 is 15.7 Å². The Morgan fingerprint density at radius 1 is 1.23 bits per heavy atom. The summed E-state index contributed by atoms with van der Waals surface area (Å²) in [5, 5.41) is 15.0. The van der Waals surface area contributed by atoms with E-state index in [0.29, 0.717) is 18.7 Å². The maximum atomic E-state index is 12.0. The number of rotatable bonds is 5. The Morgan fingerprint density at radius 2 is 2.00 bits per heavy atom. The van der Waals surface area contributed by atoms with E-state index in [4.69, 9.17) is 9.15 Å². The van der Waals surface area contributed by atoms with Gasteiger partial charge in [0.2, 0.25) is 0 Å². The van der Waals surface area contributed by atoms with Gasteiger partial charge in [-0.25, -0.2) is 4.79 Å². The number of aryl methyl sites for hydroxylation is 2. The summed E-state index contributed by atoms with van der Waals surface area (Å²) in [7, 11) is 0. The number of benzene rings is 2. The summed E-state index contributed by atoms with van der Waals surface area (Å²) in [5.74, 6) is 1.23. The lowest BCUT2D eigenvalue weighted by Gasteiger charge is -2.15. The van der Waals surface area contributed by atoms with E-state index in [-0.39, 0.29) is 41.4 Å². The van der Waals surface area contributed by atoms with E-state index in [0.717, 1.165) is 35.2 Å². The van der Waals surface area contributed by atoms with Crippen LogP contribution in [-0.2, 0) is 6.42 Å². The van der Waals surface area contributed by atoms with Crippen LogP contribution in [0.2, 0.25) is 0 Å². The van der Waals surface area contributed by atoms with Crippen LogP contribution in [0.5, 0.6) is 5.75 Å². The van der Waals surface area contributed by atoms with Gasteiger partial charge in [0.25, 0.3) is 0 Å². The number of hydrogen-bond donors (Lipinski definition) is 2. The number of aliphatic hydroxyl groups is 1. The smallest absolute Gasteiger partial charge is 0.336 e. The zero-order chi connectivity index (χ0) is 20.9. The maximum Gasteiger partial charge on any atom is 0.336 e. The van der Waals surface area contributed by atoms with Gasteiger partial charge in [-0.15, -0.1) is 12.4 Å². The second kappa shape index (κ2) is 8.30. The van der Waals surface area contributed by atoms with Gasteiger partial charge >= 0.3 is 5.63 Å². The van der Waals surface area contributed by atoms with Gasteiger partial charge in [0.15, 0.2) is 0 Å². The molecule has 1 aliphatic carbocycles. The van der Waals surface area contributed by atoms with Gasteiger partial charge in [-0.05, 0) is 36.6 Å². The van der Waals surface area contributed by atoms with Crippen molar-refractivity contribution in [3.63, 3.8) is 0 Å². The monoisotopic (exact) mass is 441 g/mol. The quantitative estimate of drug-likeness (QED) is 0.589. The molecule has 2 N–H and O–H groups in total. The predicted molar refractivity (Wildman–Crippen MR) is 123 cm³/mol. The Morgan fingerprint density at radius 3 is 2.68 bits per heavy atom. The Kier molecular flexibility index (Phi) is 5.86. The van der Waals surface area contributed by atoms with Crippen molar-refractivity contribution >= 4 is 23.4 Å².